The highest BCUT2D eigenvalue weighted by molar-refractivity contribution is 9.11. The van der Waals surface area contributed by atoms with Crippen molar-refractivity contribution in [3.63, 3.8) is 0 Å². The number of likely N-dealkylation sites (N-methyl/N-ethyl adjacent to an activating group) is 1. The maximum Gasteiger partial charge on any atom is 0.138 e. The van der Waals surface area contributed by atoms with E-state index in [0.29, 0.717) is 0 Å². The summed E-state index contributed by atoms with van der Waals surface area (Å²) < 4.78 is 3.21. The first-order valence-electron chi connectivity index (χ1n) is 6.45. The Morgan fingerprint density at radius 1 is 1.53 bits per heavy atom. The van der Waals surface area contributed by atoms with Crippen molar-refractivity contribution in [2.45, 2.75) is 39.3 Å². The van der Waals surface area contributed by atoms with Gasteiger partial charge in [-0.3, -0.25) is 4.68 Å². The number of halogens is 1. The molecule has 0 aliphatic rings. The van der Waals surface area contributed by atoms with Crippen molar-refractivity contribution >= 4 is 27.3 Å². The van der Waals surface area contributed by atoms with Crippen LogP contribution in [-0.4, -0.2) is 21.8 Å². The zero-order valence-corrected chi connectivity index (χ0v) is 13.9. The van der Waals surface area contributed by atoms with Gasteiger partial charge in [0, 0.05) is 23.9 Å². The monoisotopic (exact) mass is 342 g/mol. The highest BCUT2D eigenvalue weighted by Gasteiger charge is 2.17. The van der Waals surface area contributed by atoms with Crippen molar-refractivity contribution < 1.29 is 0 Å². The normalized spacial score (nSPS) is 12.8. The Morgan fingerprint density at radius 3 is 2.89 bits per heavy atom. The molecule has 0 amide bonds. The summed E-state index contributed by atoms with van der Waals surface area (Å²) in [5.74, 6) is 1.04. The average Bonchev–Trinajstić information content (AvgIpc) is 2.95. The first kappa shape index (κ1) is 14.7. The van der Waals surface area contributed by atoms with Gasteiger partial charge >= 0.3 is 0 Å². The molecule has 0 spiro atoms. The second-order valence-corrected chi connectivity index (χ2v) is 6.95. The fourth-order valence-corrected chi connectivity index (χ4v) is 3.71. The Hall–Kier alpha value is -0.720. The lowest BCUT2D eigenvalue weighted by atomic mass is 10.1. The summed E-state index contributed by atoms with van der Waals surface area (Å²) in [5, 5.41) is 7.66. The first-order valence-corrected chi connectivity index (χ1v) is 8.06. The summed E-state index contributed by atoms with van der Waals surface area (Å²) >= 11 is 5.37. The van der Waals surface area contributed by atoms with Gasteiger partial charge in [0.05, 0.1) is 3.79 Å². The predicted octanol–water partition coefficient (Wildman–Crippen LogP) is 3.32. The van der Waals surface area contributed by atoms with Crippen molar-refractivity contribution in [1.29, 1.82) is 0 Å². The minimum atomic E-state index is 0.287. The molecule has 2 heterocycles. The van der Waals surface area contributed by atoms with Crippen molar-refractivity contribution in [1.82, 2.24) is 20.1 Å². The third-order valence-electron chi connectivity index (χ3n) is 3.09. The molecular formula is C13H19BrN4S. The number of hydrogen-bond acceptors (Lipinski definition) is 4. The van der Waals surface area contributed by atoms with Gasteiger partial charge in [-0.2, -0.15) is 5.10 Å². The highest BCUT2D eigenvalue weighted by atomic mass is 79.9. The minimum absolute atomic E-state index is 0.287. The van der Waals surface area contributed by atoms with Gasteiger partial charge < -0.3 is 5.32 Å². The largest absolute Gasteiger partial charge is 0.312 e. The van der Waals surface area contributed by atoms with Crippen LogP contribution in [0.2, 0.25) is 0 Å². The van der Waals surface area contributed by atoms with Crippen LogP contribution in [0.5, 0.6) is 0 Å². The molecule has 0 saturated carbocycles. The van der Waals surface area contributed by atoms with Crippen LogP contribution in [0.3, 0.4) is 0 Å². The molecule has 0 radical (unpaired) electrons. The second-order valence-electron chi connectivity index (χ2n) is 4.55. The van der Waals surface area contributed by atoms with Gasteiger partial charge in [0.25, 0.3) is 0 Å². The molecule has 2 aromatic heterocycles. The molecule has 1 N–H and O–H groups in total. The van der Waals surface area contributed by atoms with Gasteiger partial charge in [0.2, 0.25) is 0 Å². The molecule has 6 heteroatoms. The highest BCUT2D eigenvalue weighted by Crippen LogP contribution is 2.32. The fourth-order valence-electron chi connectivity index (χ4n) is 2.03. The van der Waals surface area contributed by atoms with Gasteiger partial charge in [-0.1, -0.05) is 6.92 Å². The summed E-state index contributed by atoms with van der Waals surface area (Å²) in [7, 11) is 1.99. The van der Waals surface area contributed by atoms with Crippen LogP contribution in [0, 0.1) is 6.92 Å². The lowest BCUT2D eigenvalue weighted by Gasteiger charge is -2.14. The fraction of sp³-hybridized carbons (Fsp3) is 0.538. The molecule has 2 rings (SSSR count). The molecule has 1 unspecified atom stereocenters. The van der Waals surface area contributed by atoms with Gasteiger partial charge in [-0.05, 0) is 48.0 Å². The first-order chi connectivity index (χ1) is 9.15. The van der Waals surface area contributed by atoms with E-state index < -0.39 is 0 Å². The van der Waals surface area contributed by atoms with Crippen LogP contribution in [-0.2, 0) is 13.0 Å². The topological polar surface area (TPSA) is 42.7 Å². The van der Waals surface area contributed by atoms with Gasteiger partial charge in [0.1, 0.15) is 12.2 Å². The molecule has 4 nitrogen and oxygen atoms in total. The molecule has 0 fully saturated rings. The lowest BCUT2D eigenvalue weighted by Crippen LogP contribution is -2.20. The van der Waals surface area contributed by atoms with Crippen molar-refractivity contribution in [2.24, 2.45) is 0 Å². The Labute approximate surface area is 126 Å². The van der Waals surface area contributed by atoms with E-state index in [9.17, 15) is 0 Å². The van der Waals surface area contributed by atoms with Crippen LogP contribution in [0.4, 0.5) is 0 Å². The SMILES string of the molecule is CCCn1ncnc1CC(NC)c1cc(C)c(Br)s1. The summed E-state index contributed by atoms with van der Waals surface area (Å²) in [5.41, 5.74) is 1.29. The number of hydrogen-bond donors (Lipinski definition) is 1. The van der Waals surface area contributed by atoms with E-state index in [1.165, 1.54) is 14.2 Å². The van der Waals surface area contributed by atoms with Crippen molar-refractivity contribution in [3.05, 3.63) is 32.4 Å². The molecule has 104 valence electrons. The number of aryl methyl sites for hydroxylation is 2. The van der Waals surface area contributed by atoms with E-state index in [1.54, 1.807) is 17.7 Å². The van der Waals surface area contributed by atoms with E-state index in [-0.39, 0.29) is 6.04 Å². The zero-order chi connectivity index (χ0) is 13.8. The lowest BCUT2D eigenvalue weighted by molar-refractivity contribution is 0.521. The summed E-state index contributed by atoms with van der Waals surface area (Å²) in [4.78, 5) is 5.71. The van der Waals surface area contributed by atoms with E-state index in [2.05, 4.69) is 51.2 Å². The van der Waals surface area contributed by atoms with Crippen LogP contribution < -0.4 is 5.32 Å². The van der Waals surface area contributed by atoms with E-state index in [0.717, 1.165) is 25.2 Å². The summed E-state index contributed by atoms with van der Waals surface area (Å²) in [6, 6.07) is 2.52. The number of thiophene rings is 1. The van der Waals surface area contributed by atoms with Crippen LogP contribution >= 0.6 is 27.3 Å². The summed E-state index contributed by atoms with van der Waals surface area (Å²) in [6.45, 7) is 5.20. The van der Waals surface area contributed by atoms with E-state index in [4.69, 9.17) is 0 Å². The zero-order valence-electron chi connectivity index (χ0n) is 11.5. The van der Waals surface area contributed by atoms with Crippen LogP contribution in [0.25, 0.3) is 0 Å². The maximum absolute atomic E-state index is 4.38. The Balaban J connectivity index is 2.16. The Bertz CT molecular complexity index is 515. The second kappa shape index (κ2) is 6.63. The molecular weight excluding hydrogens is 324 g/mol. The van der Waals surface area contributed by atoms with Crippen LogP contribution in [0.1, 0.15) is 35.7 Å². The van der Waals surface area contributed by atoms with Gasteiger partial charge in [-0.15, -0.1) is 11.3 Å². The molecule has 0 aliphatic carbocycles. The number of nitrogens with one attached hydrogen (secondary N) is 1. The molecule has 1 atom stereocenters. The molecule has 19 heavy (non-hydrogen) atoms. The van der Waals surface area contributed by atoms with Crippen molar-refractivity contribution in [2.75, 3.05) is 7.05 Å². The number of nitrogens with zero attached hydrogens (tertiary/aromatic N) is 3. The molecule has 0 bridgehead atoms. The molecule has 0 aliphatic heterocycles. The predicted molar refractivity (Wildman–Crippen MR) is 82.6 cm³/mol. The Kier molecular flexibility index (Phi) is 5.13. The molecule has 2 aromatic rings. The molecule has 0 saturated heterocycles. The average molecular weight is 343 g/mol. The third-order valence-corrected chi connectivity index (χ3v) is 5.34. The number of aromatic nitrogens is 3. The Morgan fingerprint density at radius 2 is 2.32 bits per heavy atom. The van der Waals surface area contributed by atoms with E-state index in [1.807, 2.05) is 11.7 Å². The summed E-state index contributed by atoms with van der Waals surface area (Å²) in [6.07, 6.45) is 3.58. The minimum Gasteiger partial charge on any atom is -0.312 e. The van der Waals surface area contributed by atoms with E-state index >= 15 is 0 Å². The quantitative estimate of drug-likeness (QED) is 0.875. The standard InChI is InChI=1S/C13H19BrN4S/c1-4-5-18-12(16-8-17-18)7-10(15-3)11-6-9(2)13(14)19-11/h6,8,10,15H,4-5,7H2,1-3H3. The van der Waals surface area contributed by atoms with Gasteiger partial charge in [0.15, 0.2) is 0 Å². The smallest absolute Gasteiger partial charge is 0.138 e. The van der Waals surface area contributed by atoms with Crippen molar-refractivity contribution in [3.8, 4) is 0 Å². The third kappa shape index (κ3) is 3.43. The van der Waals surface area contributed by atoms with Crippen LogP contribution in [0.15, 0.2) is 16.2 Å². The molecule has 0 aromatic carbocycles. The van der Waals surface area contributed by atoms with Gasteiger partial charge in [-0.25, -0.2) is 4.98 Å². The maximum atomic E-state index is 4.38. The number of rotatable bonds is 6.